The Hall–Kier alpha value is -1.84. The Bertz CT molecular complexity index is 467. The number of hydrogen-bond acceptors (Lipinski definition) is 2. The quantitative estimate of drug-likeness (QED) is 0.792. The predicted octanol–water partition coefficient (Wildman–Crippen LogP) is 3.31. The van der Waals surface area contributed by atoms with Crippen molar-refractivity contribution in [3.63, 3.8) is 0 Å². The molecule has 0 aliphatic carbocycles. The topological polar surface area (TPSA) is 74.6 Å². The van der Waals surface area contributed by atoms with E-state index >= 15 is 0 Å². The Morgan fingerprint density at radius 1 is 1.16 bits per heavy atom. The van der Waals surface area contributed by atoms with Gasteiger partial charge in [-0.15, -0.1) is 0 Å². The Morgan fingerprint density at radius 2 is 1.79 bits per heavy atom. The maximum absolute atomic E-state index is 11.7. The molecule has 0 radical (unpaired) electrons. The number of carboxylic acids is 2. The normalized spacial score (nSPS) is 13.8. The second kappa shape index (κ2) is 6.36. The van der Waals surface area contributed by atoms with Gasteiger partial charge in [0.05, 0.1) is 11.0 Å². The van der Waals surface area contributed by atoms with Crippen molar-refractivity contribution < 1.29 is 19.8 Å². The largest absolute Gasteiger partial charge is 0.481 e. The summed E-state index contributed by atoms with van der Waals surface area (Å²) in [7, 11) is 0. The van der Waals surface area contributed by atoms with Crippen molar-refractivity contribution in [2.24, 2.45) is 0 Å². The minimum atomic E-state index is -1.11. The van der Waals surface area contributed by atoms with Gasteiger partial charge in [0.1, 0.15) is 0 Å². The van der Waals surface area contributed by atoms with Gasteiger partial charge in [-0.2, -0.15) is 0 Å². The number of carbonyl (C=O) groups is 2. The zero-order valence-electron chi connectivity index (χ0n) is 11.3. The minimum Gasteiger partial charge on any atom is -0.481 e. The third-order valence-corrected chi connectivity index (χ3v) is 3.64. The van der Waals surface area contributed by atoms with E-state index in [1.807, 2.05) is 6.92 Å². The Labute approximate surface area is 113 Å². The zero-order chi connectivity index (χ0) is 14.5. The van der Waals surface area contributed by atoms with E-state index in [0.717, 1.165) is 12.8 Å². The molecule has 1 aromatic carbocycles. The highest BCUT2D eigenvalue weighted by atomic mass is 16.4. The summed E-state index contributed by atoms with van der Waals surface area (Å²) in [5, 5.41) is 18.9. The van der Waals surface area contributed by atoms with Crippen LogP contribution in [0.25, 0.3) is 0 Å². The highest BCUT2D eigenvalue weighted by Gasteiger charge is 2.40. The summed E-state index contributed by atoms with van der Waals surface area (Å²) >= 11 is 0. The SMILES string of the molecule is CCCCC(CC)(C(=O)O)c1ccccc1C(=O)O. The highest BCUT2D eigenvalue weighted by molar-refractivity contribution is 5.93. The lowest BCUT2D eigenvalue weighted by Crippen LogP contribution is -2.36. The van der Waals surface area contributed by atoms with Crippen LogP contribution < -0.4 is 0 Å². The molecule has 0 bridgehead atoms. The van der Waals surface area contributed by atoms with Gasteiger partial charge >= 0.3 is 11.9 Å². The molecule has 0 aliphatic rings. The lowest BCUT2D eigenvalue weighted by molar-refractivity contribution is -0.144. The van der Waals surface area contributed by atoms with Crippen molar-refractivity contribution in [1.82, 2.24) is 0 Å². The highest BCUT2D eigenvalue weighted by Crippen LogP contribution is 2.36. The van der Waals surface area contributed by atoms with Gasteiger partial charge in [0.15, 0.2) is 0 Å². The molecule has 0 saturated heterocycles. The second-order valence-corrected chi connectivity index (χ2v) is 4.70. The molecule has 104 valence electrons. The van der Waals surface area contributed by atoms with E-state index in [4.69, 9.17) is 0 Å². The Morgan fingerprint density at radius 3 is 2.26 bits per heavy atom. The number of carboxylic acid groups (broad SMARTS) is 2. The van der Waals surface area contributed by atoms with Crippen LogP contribution in [0.3, 0.4) is 0 Å². The molecule has 1 atom stereocenters. The minimum absolute atomic E-state index is 0.0860. The summed E-state index contributed by atoms with van der Waals surface area (Å²) in [6, 6.07) is 6.41. The van der Waals surface area contributed by atoms with Crippen molar-refractivity contribution in [2.75, 3.05) is 0 Å². The van der Waals surface area contributed by atoms with E-state index in [2.05, 4.69) is 0 Å². The van der Waals surface area contributed by atoms with Crippen LogP contribution in [-0.4, -0.2) is 22.2 Å². The maximum Gasteiger partial charge on any atom is 0.335 e. The summed E-state index contributed by atoms with van der Waals surface area (Å²) in [5.41, 5.74) is -0.612. The lowest BCUT2D eigenvalue weighted by Gasteiger charge is -2.30. The van der Waals surface area contributed by atoms with Crippen LogP contribution in [0, 0.1) is 0 Å². The van der Waals surface area contributed by atoms with Gasteiger partial charge < -0.3 is 10.2 Å². The molecule has 2 N–H and O–H groups in total. The third-order valence-electron chi connectivity index (χ3n) is 3.64. The molecule has 0 amide bonds. The number of rotatable bonds is 7. The van der Waals surface area contributed by atoms with Gasteiger partial charge in [-0.3, -0.25) is 4.79 Å². The number of unbranched alkanes of at least 4 members (excludes halogenated alkanes) is 1. The van der Waals surface area contributed by atoms with Gasteiger partial charge in [-0.25, -0.2) is 4.79 Å². The van der Waals surface area contributed by atoms with Crippen LogP contribution in [0.5, 0.6) is 0 Å². The van der Waals surface area contributed by atoms with Crippen LogP contribution in [0.15, 0.2) is 24.3 Å². The van der Waals surface area contributed by atoms with E-state index in [1.165, 1.54) is 6.07 Å². The number of aliphatic carboxylic acids is 1. The van der Waals surface area contributed by atoms with Crippen molar-refractivity contribution >= 4 is 11.9 Å². The molecule has 0 saturated carbocycles. The summed E-state index contributed by atoms with van der Waals surface area (Å²) < 4.78 is 0. The molecule has 1 rings (SSSR count). The zero-order valence-corrected chi connectivity index (χ0v) is 11.3. The molecule has 4 heteroatoms. The average molecular weight is 264 g/mol. The molecule has 0 spiro atoms. The molecule has 0 fully saturated rings. The monoisotopic (exact) mass is 264 g/mol. The van der Waals surface area contributed by atoms with Crippen LogP contribution in [0.2, 0.25) is 0 Å². The van der Waals surface area contributed by atoms with Crippen molar-refractivity contribution in [2.45, 2.75) is 44.9 Å². The molecule has 0 aliphatic heterocycles. The average Bonchev–Trinajstić information content (AvgIpc) is 2.40. The van der Waals surface area contributed by atoms with E-state index in [9.17, 15) is 19.8 Å². The van der Waals surface area contributed by atoms with E-state index < -0.39 is 17.4 Å². The van der Waals surface area contributed by atoms with Crippen molar-refractivity contribution in [3.8, 4) is 0 Å². The standard InChI is InChI=1S/C15H20O4/c1-3-5-10-15(4-2,14(18)19)12-9-7-6-8-11(12)13(16)17/h6-9H,3-5,10H2,1-2H3,(H,16,17)(H,18,19). The predicted molar refractivity (Wildman–Crippen MR) is 72.5 cm³/mol. The molecule has 4 nitrogen and oxygen atoms in total. The number of hydrogen-bond donors (Lipinski definition) is 2. The van der Waals surface area contributed by atoms with Gasteiger partial charge in [0.2, 0.25) is 0 Å². The van der Waals surface area contributed by atoms with E-state index in [1.54, 1.807) is 25.1 Å². The number of benzene rings is 1. The Balaban J connectivity index is 3.40. The summed E-state index contributed by atoms with van der Waals surface area (Å²) in [4.78, 5) is 23.0. The molecule has 0 heterocycles. The Kier molecular flexibility index (Phi) is 5.10. The summed E-state index contributed by atoms with van der Waals surface area (Å²) in [5.74, 6) is -2.02. The van der Waals surface area contributed by atoms with Crippen LogP contribution in [-0.2, 0) is 10.2 Å². The summed E-state index contributed by atoms with van der Waals surface area (Å²) in [6.07, 6.45) is 2.48. The fraction of sp³-hybridized carbons (Fsp3) is 0.467. The smallest absolute Gasteiger partial charge is 0.335 e. The van der Waals surface area contributed by atoms with Gasteiger partial charge in [0, 0.05) is 0 Å². The van der Waals surface area contributed by atoms with Gasteiger partial charge in [0.25, 0.3) is 0 Å². The van der Waals surface area contributed by atoms with Crippen LogP contribution in [0.4, 0.5) is 0 Å². The first-order valence-electron chi connectivity index (χ1n) is 6.55. The lowest BCUT2D eigenvalue weighted by atomic mass is 9.72. The molecule has 1 aromatic rings. The van der Waals surface area contributed by atoms with Gasteiger partial charge in [-0.1, -0.05) is 44.9 Å². The fourth-order valence-electron chi connectivity index (χ4n) is 2.44. The fourth-order valence-corrected chi connectivity index (χ4v) is 2.44. The molecular formula is C15H20O4. The second-order valence-electron chi connectivity index (χ2n) is 4.70. The van der Waals surface area contributed by atoms with Crippen molar-refractivity contribution in [1.29, 1.82) is 0 Å². The van der Waals surface area contributed by atoms with Crippen LogP contribution in [0.1, 0.15) is 55.5 Å². The van der Waals surface area contributed by atoms with E-state index in [0.29, 0.717) is 18.4 Å². The molecule has 19 heavy (non-hydrogen) atoms. The van der Waals surface area contributed by atoms with E-state index in [-0.39, 0.29) is 5.56 Å². The number of aromatic carboxylic acids is 1. The van der Waals surface area contributed by atoms with Crippen LogP contribution >= 0.6 is 0 Å². The maximum atomic E-state index is 11.7. The first-order valence-corrected chi connectivity index (χ1v) is 6.55. The summed E-state index contributed by atoms with van der Waals surface area (Å²) in [6.45, 7) is 3.79. The molecular weight excluding hydrogens is 244 g/mol. The molecule has 0 aromatic heterocycles. The molecule has 1 unspecified atom stereocenters. The third kappa shape index (κ3) is 2.95. The first-order chi connectivity index (χ1) is 8.99. The first kappa shape index (κ1) is 15.2. The van der Waals surface area contributed by atoms with Crippen molar-refractivity contribution in [3.05, 3.63) is 35.4 Å². The van der Waals surface area contributed by atoms with Gasteiger partial charge in [-0.05, 0) is 24.5 Å².